The molecular weight excluding hydrogens is 1120 g/mol. The van der Waals surface area contributed by atoms with Gasteiger partial charge in [-0.2, -0.15) is 0 Å². The molecular formula is C54H25BF20N2O3. The fraction of sp³-hybridized carbons (Fsp3) is 0.0556. The van der Waals surface area contributed by atoms with E-state index in [0.717, 1.165) is 49.5 Å². The number of rotatable bonds is 5. The van der Waals surface area contributed by atoms with Crippen molar-refractivity contribution in [1.82, 2.24) is 0 Å². The van der Waals surface area contributed by atoms with E-state index in [2.05, 4.69) is 23.2 Å². The highest BCUT2D eigenvalue weighted by Crippen LogP contribution is 2.48. The number of hydrogen-bond donors (Lipinski definition) is 4. The molecule has 412 valence electrons. The maximum absolute atomic E-state index is 15.4. The molecule has 5 nitrogen and oxygen atoms in total. The van der Waals surface area contributed by atoms with Gasteiger partial charge in [0.05, 0.1) is 11.1 Å². The van der Waals surface area contributed by atoms with Crippen molar-refractivity contribution < 1.29 is 108 Å². The molecule has 5 N–H and O–H groups in total. The lowest BCUT2D eigenvalue weighted by molar-refractivity contribution is -0.501. The minimum absolute atomic E-state index is 0.0184. The van der Waals surface area contributed by atoms with E-state index in [1.165, 1.54) is 0 Å². The minimum Gasteiger partial charge on any atom is -0.507 e. The normalized spacial score (nSPS) is 13.5. The molecule has 1 atom stereocenters. The number of phenolic OH excluding ortho intramolecular Hbond substituents is 2. The first-order valence-electron chi connectivity index (χ1n) is 22.6. The van der Waals surface area contributed by atoms with Crippen LogP contribution in [-0.2, 0) is 0 Å². The van der Waals surface area contributed by atoms with Gasteiger partial charge in [-0.3, -0.25) is 10.7 Å². The molecule has 9 aromatic carbocycles. The lowest BCUT2D eigenvalue weighted by Crippen LogP contribution is -2.82. The third kappa shape index (κ3) is 8.23. The number of aromatic hydroxyl groups is 2. The molecule has 10 rings (SSSR count). The van der Waals surface area contributed by atoms with Gasteiger partial charge < -0.3 is 14.9 Å². The van der Waals surface area contributed by atoms with Crippen LogP contribution in [0.25, 0.3) is 43.8 Å². The van der Waals surface area contributed by atoms with Crippen molar-refractivity contribution in [2.75, 3.05) is 6.61 Å². The zero-order valence-corrected chi connectivity index (χ0v) is 39.4. The molecule has 0 amide bonds. The SMILES string of the molecule is C[C@@H]1COc2c(cc(-c3c(O)cccc3O)c3ccccc23)-c2cccc3cccc(c23)C(N)=[NH+]1.Fc1c(F)c(F)c([B-](c2c(F)c(F)c(F)c(F)c2F)(c2c(F)c(F)c(F)c(F)c2F)c2c(F)c(F)c(F)c(F)c2F)c(F)c1F. The number of nitrogens with two attached hydrogens (primary N) is 1. The van der Waals surface area contributed by atoms with Crippen molar-refractivity contribution in [3.8, 4) is 39.5 Å². The average molecular weight is 1140 g/mol. The van der Waals surface area contributed by atoms with Crippen LogP contribution in [0.1, 0.15) is 12.5 Å². The van der Waals surface area contributed by atoms with Crippen LogP contribution in [-0.4, -0.2) is 34.8 Å². The lowest BCUT2D eigenvalue weighted by Gasteiger charge is -2.44. The number of ether oxygens (including phenoxy) is 1. The highest BCUT2D eigenvalue weighted by molar-refractivity contribution is 7.20. The maximum Gasteiger partial charge on any atom is 0.273 e. The first kappa shape index (κ1) is 55.8. The van der Waals surface area contributed by atoms with E-state index in [-0.39, 0.29) is 17.5 Å². The fourth-order valence-corrected chi connectivity index (χ4v) is 9.97. The number of halogens is 20. The van der Waals surface area contributed by atoms with Crippen LogP contribution < -0.4 is 37.3 Å². The van der Waals surface area contributed by atoms with Crippen LogP contribution in [0.2, 0.25) is 0 Å². The van der Waals surface area contributed by atoms with Crippen LogP contribution in [0.5, 0.6) is 17.2 Å². The first-order chi connectivity index (χ1) is 37.7. The van der Waals surface area contributed by atoms with Crippen molar-refractivity contribution in [1.29, 1.82) is 0 Å². The molecule has 9 aromatic rings. The summed E-state index contributed by atoms with van der Waals surface area (Å²) in [6.45, 7) is 2.45. The van der Waals surface area contributed by atoms with Gasteiger partial charge in [-0.25, -0.2) is 87.8 Å². The molecule has 1 aliphatic rings. The Morgan fingerprint density at radius 3 is 1.14 bits per heavy atom. The lowest BCUT2D eigenvalue weighted by atomic mass is 9.12. The molecule has 0 aliphatic carbocycles. The van der Waals surface area contributed by atoms with Gasteiger partial charge in [0, 0.05) is 16.3 Å². The molecule has 0 spiro atoms. The zero-order valence-electron chi connectivity index (χ0n) is 39.4. The molecule has 1 aliphatic heterocycles. The number of phenols is 2. The number of hydrogen-bond acceptors (Lipinski definition) is 4. The van der Waals surface area contributed by atoms with E-state index in [1.54, 1.807) is 18.2 Å². The standard InChI is InChI=1S/C30H24N2O3.C24BF20/c1-17-16-35-29-21-10-3-2-9-19(21)23(28-25(33)13-6-14-26(28)34)15-24(29)20-11-4-7-18-8-5-12-22(27(18)20)30(31)32-17;26-5-1(6(27)14(35)21(42)13(5)34)25(2-7(28)15(36)22(43)16(37)8(2)29,3-9(30)17(38)23(44)18(39)10(3)31)4-11(32)19(40)24(45)20(41)12(4)33/h2-15,17,33-34H,16H2,1H3,(H2,31,32);/q;-1/p+1/t17-;/m1./s1. The Labute approximate surface area is 434 Å². The highest BCUT2D eigenvalue weighted by atomic mass is 19.2. The predicted octanol–water partition coefficient (Wildman–Crippen LogP) is 10.2. The molecule has 0 bridgehead atoms. The first-order valence-corrected chi connectivity index (χ1v) is 22.6. The van der Waals surface area contributed by atoms with Crippen LogP contribution >= 0.6 is 0 Å². The molecule has 1 heterocycles. The fourth-order valence-electron chi connectivity index (χ4n) is 9.97. The zero-order chi connectivity index (χ0) is 58.5. The third-order valence-corrected chi connectivity index (χ3v) is 13.4. The van der Waals surface area contributed by atoms with Crippen LogP contribution in [0.3, 0.4) is 0 Å². The summed E-state index contributed by atoms with van der Waals surface area (Å²) in [5.74, 6) is -70.0. The summed E-state index contributed by atoms with van der Waals surface area (Å²) in [6, 6.07) is 27.0. The monoisotopic (exact) mass is 1140 g/mol. The Kier molecular flexibility index (Phi) is 14.2. The highest BCUT2D eigenvalue weighted by Gasteiger charge is 2.52. The third-order valence-electron chi connectivity index (χ3n) is 13.4. The minimum atomic E-state index is -7.22. The Hall–Kier alpha value is -8.97. The largest absolute Gasteiger partial charge is 0.507 e. The molecule has 0 unspecified atom stereocenters. The number of amidine groups is 1. The van der Waals surface area contributed by atoms with E-state index < -0.39 is 144 Å². The quantitative estimate of drug-likeness (QED) is 0.0599. The molecule has 80 heavy (non-hydrogen) atoms. The topological polar surface area (TPSA) is 89.7 Å². The molecule has 0 saturated carbocycles. The average Bonchev–Trinajstić information content (AvgIpc) is 3.46. The smallest absolute Gasteiger partial charge is 0.273 e. The van der Waals surface area contributed by atoms with Gasteiger partial charge in [0.15, 0.2) is 69.8 Å². The maximum atomic E-state index is 15.4. The Balaban J connectivity index is 0.000000199. The molecule has 0 fully saturated rings. The Morgan fingerprint density at radius 2 is 0.750 bits per heavy atom. The van der Waals surface area contributed by atoms with E-state index in [1.807, 2.05) is 55.5 Å². The molecule has 0 radical (unpaired) electrons. The van der Waals surface area contributed by atoms with Crippen LogP contribution in [0.15, 0.2) is 84.9 Å². The van der Waals surface area contributed by atoms with E-state index in [9.17, 15) is 62.9 Å². The van der Waals surface area contributed by atoms with E-state index in [4.69, 9.17) is 10.5 Å². The summed E-state index contributed by atoms with van der Waals surface area (Å²) in [4.78, 5) is 3.38. The second-order valence-corrected chi connectivity index (χ2v) is 17.8. The van der Waals surface area contributed by atoms with Gasteiger partial charge in [-0.15, -0.1) is 21.9 Å². The summed E-state index contributed by atoms with van der Waals surface area (Å²) in [7, 11) is 0. The van der Waals surface area contributed by atoms with Crippen LogP contribution in [0.4, 0.5) is 87.8 Å². The predicted molar refractivity (Wildman–Crippen MR) is 249 cm³/mol. The second kappa shape index (κ2) is 20.4. The van der Waals surface area contributed by atoms with Crippen molar-refractivity contribution >= 4 is 55.4 Å². The summed E-state index contributed by atoms with van der Waals surface area (Å²) in [6.07, 6.45) is -7.22. The molecule has 0 aromatic heterocycles. The van der Waals surface area contributed by atoms with Gasteiger partial charge in [0.2, 0.25) is 0 Å². The summed E-state index contributed by atoms with van der Waals surface area (Å²) >= 11 is 0. The van der Waals surface area contributed by atoms with Crippen molar-refractivity contribution in [3.63, 3.8) is 0 Å². The van der Waals surface area contributed by atoms with Crippen molar-refractivity contribution in [2.45, 2.75) is 13.0 Å². The van der Waals surface area contributed by atoms with E-state index >= 15 is 35.1 Å². The van der Waals surface area contributed by atoms with Gasteiger partial charge >= 0.3 is 0 Å². The van der Waals surface area contributed by atoms with Gasteiger partial charge in [-0.05, 0) is 53.1 Å². The summed E-state index contributed by atoms with van der Waals surface area (Å²) in [5.41, 5.74) is -3.89. The number of benzene rings is 9. The molecule has 0 saturated heterocycles. The molecule has 26 heteroatoms. The van der Waals surface area contributed by atoms with E-state index in [0.29, 0.717) is 18.0 Å². The Morgan fingerprint density at radius 1 is 0.412 bits per heavy atom. The summed E-state index contributed by atoms with van der Waals surface area (Å²) in [5, 5.41) is 25.4. The van der Waals surface area contributed by atoms with Crippen molar-refractivity contribution in [3.05, 3.63) is 207 Å². The van der Waals surface area contributed by atoms with Gasteiger partial charge in [0.1, 0.15) is 82.6 Å². The van der Waals surface area contributed by atoms with Crippen LogP contribution in [0, 0.1) is 116 Å². The number of fused-ring (bicyclic) bond motifs is 4. The second-order valence-electron chi connectivity index (χ2n) is 17.8. The van der Waals surface area contributed by atoms with Gasteiger partial charge in [0.25, 0.3) is 5.84 Å². The number of nitrogens with one attached hydrogen (secondary N) is 1. The number of nitrogen functional groups attached to an aromatic ring is 1. The Bertz CT molecular complexity index is 3750. The van der Waals surface area contributed by atoms with Gasteiger partial charge in [-0.1, -0.05) is 60.7 Å². The van der Waals surface area contributed by atoms with Crippen molar-refractivity contribution in [2.24, 2.45) is 5.73 Å². The summed E-state index contributed by atoms with van der Waals surface area (Å²) < 4.78 is 300.